The molecule has 0 radical (unpaired) electrons. The topological polar surface area (TPSA) is 49.3 Å². The van der Waals surface area contributed by atoms with Crippen LogP contribution in [0.1, 0.15) is 12.0 Å². The smallest absolute Gasteiger partial charge is 0.320 e. The van der Waals surface area contributed by atoms with Gasteiger partial charge in [-0.15, -0.1) is 12.4 Å². The zero-order valence-electron chi connectivity index (χ0n) is 9.23. The molecule has 0 aliphatic carbocycles. The van der Waals surface area contributed by atoms with Crippen molar-refractivity contribution >= 4 is 34.3 Å². The van der Waals surface area contributed by atoms with Crippen molar-refractivity contribution in [1.29, 1.82) is 0 Å². The molecule has 0 spiro atoms. The molecule has 1 unspecified atom stereocenters. The van der Waals surface area contributed by atoms with Crippen LogP contribution in [0.25, 0.3) is 0 Å². The fourth-order valence-corrected chi connectivity index (χ4v) is 2.68. The Bertz CT molecular complexity index is 400. The van der Waals surface area contributed by atoms with Crippen LogP contribution in [0.3, 0.4) is 0 Å². The molecular formula is C12H15BrClNO2. The van der Waals surface area contributed by atoms with Gasteiger partial charge in [0.05, 0.1) is 0 Å². The molecule has 0 saturated carbocycles. The van der Waals surface area contributed by atoms with Crippen molar-refractivity contribution in [3.05, 3.63) is 34.3 Å². The molecule has 1 saturated heterocycles. The largest absolute Gasteiger partial charge is 0.480 e. The molecule has 1 aromatic carbocycles. The van der Waals surface area contributed by atoms with Gasteiger partial charge in [-0.1, -0.05) is 28.1 Å². The number of nitrogens with one attached hydrogen (secondary N) is 1. The molecule has 1 aromatic rings. The van der Waals surface area contributed by atoms with Crippen molar-refractivity contribution < 1.29 is 9.90 Å². The highest BCUT2D eigenvalue weighted by atomic mass is 79.9. The van der Waals surface area contributed by atoms with E-state index in [9.17, 15) is 4.79 Å². The minimum Gasteiger partial charge on any atom is -0.480 e. The predicted molar refractivity (Wildman–Crippen MR) is 72.6 cm³/mol. The van der Waals surface area contributed by atoms with Gasteiger partial charge in [0.25, 0.3) is 0 Å². The molecule has 5 heteroatoms. The van der Waals surface area contributed by atoms with E-state index in [4.69, 9.17) is 5.11 Å². The van der Waals surface area contributed by atoms with E-state index < -0.39 is 5.97 Å². The van der Waals surface area contributed by atoms with Crippen LogP contribution in [-0.4, -0.2) is 23.7 Å². The zero-order valence-corrected chi connectivity index (χ0v) is 11.6. The summed E-state index contributed by atoms with van der Waals surface area (Å²) in [5.74, 6) is -0.538. The highest BCUT2D eigenvalue weighted by Gasteiger charge is 2.32. The van der Waals surface area contributed by atoms with Crippen LogP contribution < -0.4 is 5.32 Å². The number of hydrogen-bond acceptors (Lipinski definition) is 2. The van der Waals surface area contributed by atoms with Crippen molar-refractivity contribution in [2.24, 2.45) is 5.92 Å². The first kappa shape index (κ1) is 14.5. The van der Waals surface area contributed by atoms with Crippen LogP contribution >= 0.6 is 28.3 Å². The number of benzene rings is 1. The number of carboxylic acid groups (broad SMARTS) is 1. The highest BCUT2D eigenvalue weighted by molar-refractivity contribution is 9.10. The average Bonchev–Trinajstić information content (AvgIpc) is 2.66. The lowest BCUT2D eigenvalue weighted by atomic mass is 9.93. The molecule has 94 valence electrons. The molecule has 2 rings (SSSR count). The van der Waals surface area contributed by atoms with Gasteiger partial charge in [0, 0.05) is 4.47 Å². The third kappa shape index (κ3) is 3.69. The summed E-state index contributed by atoms with van der Waals surface area (Å²) in [4.78, 5) is 11.0. The maximum Gasteiger partial charge on any atom is 0.320 e. The molecule has 1 heterocycles. The summed E-state index contributed by atoms with van der Waals surface area (Å²) in [6.45, 7) is 0.801. The van der Waals surface area contributed by atoms with Gasteiger partial charge in [0.2, 0.25) is 0 Å². The van der Waals surface area contributed by atoms with Crippen LogP contribution in [0, 0.1) is 5.92 Å². The molecule has 1 fully saturated rings. The molecule has 2 atom stereocenters. The van der Waals surface area contributed by atoms with E-state index in [2.05, 4.69) is 27.3 Å². The summed E-state index contributed by atoms with van der Waals surface area (Å²) >= 11 is 3.42. The number of aliphatic carboxylic acids is 1. The Morgan fingerprint density at radius 2 is 2.29 bits per heavy atom. The van der Waals surface area contributed by atoms with E-state index in [1.165, 1.54) is 5.56 Å². The first-order valence-corrected chi connectivity index (χ1v) is 6.17. The normalized spacial score (nSPS) is 23.1. The van der Waals surface area contributed by atoms with Gasteiger partial charge >= 0.3 is 5.97 Å². The van der Waals surface area contributed by atoms with E-state index >= 15 is 0 Å². The van der Waals surface area contributed by atoms with Crippen LogP contribution in [0.5, 0.6) is 0 Å². The lowest BCUT2D eigenvalue weighted by Gasteiger charge is -2.15. The average molecular weight is 321 g/mol. The molecule has 17 heavy (non-hydrogen) atoms. The molecule has 3 nitrogen and oxygen atoms in total. The summed E-state index contributed by atoms with van der Waals surface area (Å²) in [5, 5.41) is 12.1. The minimum atomic E-state index is -0.738. The number of halogens is 2. The van der Waals surface area contributed by atoms with Gasteiger partial charge in [-0.25, -0.2) is 0 Å². The van der Waals surface area contributed by atoms with Gasteiger partial charge in [0.15, 0.2) is 0 Å². The predicted octanol–water partition coefficient (Wildman–Crippen LogP) is 2.48. The Morgan fingerprint density at radius 1 is 1.53 bits per heavy atom. The fraction of sp³-hybridized carbons (Fsp3) is 0.417. The highest BCUT2D eigenvalue weighted by Crippen LogP contribution is 2.22. The van der Waals surface area contributed by atoms with E-state index in [0.717, 1.165) is 23.9 Å². The van der Waals surface area contributed by atoms with Gasteiger partial charge in [0.1, 0.15) is 6.04 Å². The molecule has 1 aliphatic rings. The lowest BCUT2D eigenvalue weighted by molar-refractivity contribution is -0.140. The third-order valence-electron chi connectivity index (χ3n) is 3.00. The summed E-state index contributed by atoms with van der Waals surface area (Å²) in [6, 6.07) is 7.67. The van der Waals surface area contributed by atoms with E-state index in [0.29, 0.717) is 0 Å². The molecule has 0 aromatic heterocycles. The number of carboxylic acids is 1. The Balaban J connectivity index is 0.00000144. The SMILES string of the molecule is Cl.O=C(O)[C@H]1NCCC1Cc1cccc(Br)c1. The summed E-state index contributed by atoms with van der Waals surface area (Å²) in [7, 11) is 0. The number of rotatable bonds is 3. The Morgan fingerprint density at radius 3 is 2.94 bits per heavy atom. The maximum absolute atomic E-state index is 11.0. The summed E-state index contributed by atoms with van der Waals surface area (Å²) in [6.07, 6.45) is 1.76. The van der Waals surface area contributed by atoms with Gasteiger partial charge < -0.3 is 10.4 Å². The first-order valence-electron chi connectivity index (χ1n) is 5.37. The monoisotopic (exact) mass is 319 g/mol. The summed E-state index contributed by atoms with van der Waals surface area (Å²) in [5.41, 5.74) is 1.19. The third-order valence-corrected chi connectivity index (χ3v) is 3.50. The van der Waals surface area contributed by atoms with E-state index in [1.807, 2.05) is 18.2 Å². The number of hydrogen-bond donors (Lipinski definition) is 2. The zero-order chi connectivity index (χ0) is 11.5. The van der Waals surface area contributed by atoms with Crippen LogP contribution in [0.2, 0.25) is 0 Å². The Labute approximate surface area is 115 Å². The second-order valence-electron chi connectivity index (χ2n) is 4.15. The quantitative estimate of drug-likeness (QED) is 0.899. The van der Waals surface area contributed by atoms with Crippen LogP contribution in [0.15, 0.2) is 28.7 Å². The fourth-order valence-electron chi connectivity index (χ4n) is 2.23. The van der Waals surface area contributed by atoms with Crippen molar-refractivity contribution in [2.75, 3.05) is 6.54 Å². The number of carbonyl (C=O) groups is 1. The minimum absolute atomic E-state index is 0. The Kier molecular flexibility index (Phi) is 5.43. The van der Waals surface area contributed by atoms with Crippen LogP contribution in [0.4, 0.5) is 0 Å². The van der Waals surface area contributed by atoms with Crippen LogP contribution in [-0.2, 0) is 11.2 Å². The molecule has 1 aliphatic heterocycles. The van der Waals surface area contributed by atoms with Crippen molar-refractivity contribution in [3.8, 4) is 0 Å². The molecule has 2 N–H and O–H groups in total. The maximum atomic E-state index is 11.0. The lowest BCUT2D eigenvalue weighted by Crippen LogP contribution is -2.36. The van der Waals surface area contributed by atoms with Gasteiger partial charge in [-0.3, -0.25) is 4.79 Å². The van der Waals surface area contributed by atoms with Crippen molar-refractivity contribution in [2.45, 2.75) is 18.9 Å². The summed E-state index contributed by atoms with van der Waals surface area (Å²) < 4.78 is 1.04. The first-order chi connectivity index (χ1) is 7.66. The molecule has 0 amide bonds. The second-order valence-corrected chi connectivity index (χ2v) is 5.07. The standard InChI is InChI=1S/C12H14BrNO2.ClH/c13-10-3-1-2-8(7-10)6-9-4-5-14-11(9)12(15)16;/h1-3,7,9,11,14H,4-6H2,(H,15,16);1H/t9?,11-;/m0./s1. The van der Waals surface area contributed by atoms with Crippen molar-refractivity contribution in [1.82, 2.24) is 5.32 Å². The van der Waals surface area contributed by atoms with Gasteiger partial charge in [-0.2, -0.15) is 0 Å². The van der Waals surface area contributed by atoms with Crippen molar-refractivity contribution in [3.63, 3.8) is 0 Å². The van der Waals surface area contributed by atoms with E-state index in [1.54, 1.807) is 0 Å². The molecule has 0 bridgehead atoms. The Hall–Kier alpha value is -0.580. The molecular weight excluding hydrogens is 305 g/mol. The second kappa shape index (κ2) is 6.38. The van der Waals surface area contributed by atoms with E-state index in [-0.39, 0.29) is 24.4 Å². The van der Waals surface area contributed by atoms with Gasteiger partial charge in [-0.05, 0) is 43.0 Å².